The molecular formula is C31H27N5O4. The number of ether oxygens (including phenoxy) is 2. The molecule has 0 saturated carbocycles. The number of nitrogens with two attached hydrogens (primary N) is 1. The van der Waals surface area contributed by atoms with Crippen LogP contribution in [-0.4, -0.2) is 32.4 Å². The minimum Gasteiger partial charge on any atom is -0.487 e. The van der Waals surface area contributed by atoms with E-state index in [1.165, 1.54) is 0 Å². The molecule has 3 heterocycles. The van der Waals surface area contributed by atoms with Gasteiger partial charge in [-0.3, -0.25) is 4.79 Å². The van der Waals surface area contributed by atoms with Crippen molar-refractivity contribution in [3.05, 3.63) is 83.7 Å². The number of pyridine rings is 1. The zero-order valence-electron chi connectivity index (χ0n) is 21.7. The Balaban J connectivity index is 1.50. The molecule has 0 bridgehead atoms. The van der Waals surface area contributed by atoms with Gasteiger partial charge < -0.3 is 20.3 Å². The van der Waals surface area contributed by atoms with E-state index in [9.17, 15) is 15.2 Å². The molecule has 0 aliphatic carbocycles. The summed E-state index contributed by atoms with van der Waals surface area (Å²) in [5.74, 6) is -0.0121. The summed E-state index contributed by atoms with van der Waals surface area (Å²) in [7, 11) is 0. The van der Waals surface area contributed by atoms with Crippen LogP contribution in [0.15, 0.2) is 66.9 Å². The second-order valence-electron chi connectivity index (χ2n) is 9.81. The van der Waals surface area contributed by atoms with Crippen LogP contribution in [0.5, 0.6) is 5.75 Å². The van der Waals surface area contributed by atoms with Crippen molar-refractivity contribution in [3.8, 4) is 22.9 Å². The van der Waals surface area contributed by atoms with Gasteiger partial charge in [-0.25, -0.2) is 9.67 Å². The van der Waals surface area contributed by atoms with E-state index in [1.807, 2.05) is 41.1 Å². The van der Waals surface area contributed by atoms with Crippen LogP contribution in [-0.2, 0) is 22.6 Å². The summed E-state index contributed by atoms with van der Waals surface area (Å²) in [5, 5.41) is 27.1. The summed E-state index contributed by atoms with van der Waals surface area (Å²) >= 11 is 0. The van der Waals surface area contributed by atoms with Crippen molar-refractivity contribution in [2.75, 3.05) is 12.3 Å². The maximum absolute atomic E-state index is 11.4. The van der Waals surface area contributed by atoms with E-state index < -0.39 is 5.97 Å². The fourth-order valence-electron chi connectivity index (χ4n) is 5.39. The number of aliphatic carboxylic acids is 1. The summed E-state index contributed by atoms with van der Waals surface area (Å²) in [5.41, 5.74) is 10.3. The molecule has 1 unspecified atom stereocenters. The van der Waals surface area contributed by atoms with Crippen LogP contribution in [0.3, 0.4) is 0 Å². The Bertz CT molecular complexity index is 1780. The summed E-state index contributed by atoms with van der Waals surface area (Å²) in [6.07, 6.45) is 4.03. The highest BCUT2D eigenvalue weighted by molar-refractivity contribution is 6.03. The number of anilines is 1. The van der Waals surface area contributed by atoms with E-state index in [1.54, 1.807) is 30.5 Å². The molecule has 1 aliphatic heterocycles. The smallest absolute Gasteiger partial charge is 0.307 e. The maximum Gasteiger partial charge on any atom is 0.307 e. The number of carbonyl (C=O) groups is 1. The number of para-hydroxylation sites is 1. The quantitative estimate of drug-likeness (QED) is 0.275. The fraction of sp³-hybridized carbons (Fsp3) is 0.226. The predicted octanol–water partition coefficient (Wildman–Crippen LogP) is 5.61. The minimum atomic E-state index is -0.936. The Morgan fingerprint density at radius 3 is 2.80 bits per heavy atom. The molecular weight excluding hydrogens is 506 g/mol. The standard InChI is InChI=1S/C31H27N5O4/c32-17-21-14-20(22-7-5-8-24-23(22)11-12-34-31(24)33)15-25-26(35-36(30(21)25)28-10-3-4-13-39-28)18-40-27-9-2-1-6-19(27)16-29(37)38/h1-2,5-9,11-12,14-15,28H,3-4,10,13,16,18H2,(H2,33,34)(H,37,38). The molecule has 0 spiro atoms. The van der Waals surface area contributed by atoms with E-state index in [0.717, 1.165) is 46.5 Å². The van der Waals surface area contributed by atoms with Crippen molar-refractivity contribution in [1.29, 1.82) is 5.26 Å². The van der Waals surface area contributed by atoms with Crippen LogP contribution >= 0.6 is 0 Å². The molecule has 5 aromatic rings. The highest BCUT2D eigenvalue weighted by atomic mass is 16.5. The molecule has 40 heavy (non-hydrogen) atoms. The predicted molar refractivity (Wildman–Crippen MR) is 151 cm³/mol. The van der Waals surface area contributed by atoms with Gasteiger partial charge in [-0.2, -0.15) is 10.4 Å². The fourth-order valence-corrected chi connectivity index (χ4v) is 5.39. The second-order valence-corrected chi connectivity index (χ2v) is 9.81. The third kappa shape index (κ3) is 4.70. The summed E-state index contributed by atoms with van der Waals surface area (Å²) in [6, 6.07) is 21.1. The van der Waals surface area contributed by atoms with Gasteiger partial charge in [0.2, 0.25) is 0 Å². The number of hydrogen-bond donors (Lipinski definition) is 2. The van der Waals surface area contributed by atoms with Crippen molar-refractivity contribution >= 4 is 33.5 Å². The van der Waals surface area contributed by atoms with Gasteiger partial charge in [-0.05, 0) is 60.0 Å². The van der Waals surface area contributed by atoms with Crippen LogP contribution in [0.25, 0.3) is 32.8 Å². The monoisotopic (exact) mass is 533 g/mol. The normalized spacial score (nSPS) is 15.2. The largest absolute Gasteiger partial charge is 0.487 e. The number of aromatic nitrogens is 3. The molecule has 6 rings (SSSR count). The first-order valence-electron chi connectivity index (χ1n) is 13.2. The first-order valence-corrected chi connectivity index (χ1v) is 13.2. The average molecular weight is 534 g/mol. The van der Waals surface area contributed by atoms with Crippen LogP contribution in [0.2, 0.25) is 0 Å². The summed E-state index contributed by atoms with van der Waals surface area (Å²) < 4.78 is 14.0. The van der Waals surface area contributed by atoms with Crippen molar-refractivity contribution in [1.82, 2.24) is 14.8 Å². The molecule has 200 valence electrons. The number of fused-ring (bicyclic) bond motifs is 2. The van der Waals surface area contributed by atoms with Gasteiger partial charge in [0, 0.05) is 29.1 Å². The highest BCUT2D eigenvalue weighted by Crippen LogP contribution is 2.37. The van der Waals surface area contributed by atoms with Gasteiger partial charge in [0.25, 0.3) is 0 Å². The maximum atomic E-state index is 11.4. The third-order valence-corrected chi connectivity index (χ3v) is 7.25. The van der Waals surface area contributed by atoms with E-state index in [-0.39, 0.29) is 19.3 Å². The number of carboxylic acids is 1. The van der Waals surface area contributed by atoms with E-state index in [0.29, 0.717) is 40.5 Å². The molecule has 9 nitrogen and oxygen atoms in total. The molecule has 3 N–H and O–H groups in total. The molecule has 1 aliphatic rings. The lowest BCUT2D eigenvalue weighted by molar-refractivity contribution is -0.136. The van der Waals surface area contributed by atoms with Crippen LogP contribution in [0.4, 0.5) is 5.82 Å². The van der Waals surface area contributed by atoms with Gasteiger partial charge in [-0.1, -0.05) is 36.4 Å². The van der Waals surface area contributed by atoms with Crippen molar-refractivity contribution in [3.63, 3.8) is 0 Å². The number of benzene rings is 3. The van der Waals surface area contributed by atoms with E-state index >= 15 is 0 Å². The Hall–Kier alpha value is -4.94. The van der Waals surface area contributed by atoms with Crippen molar-refractivity contribution in [2.24, 2.45) is 0 Å². The first kappa shape index (κ1) is 25.3. The van der Waals surface area contributed by atoms with Gasteiger partial charge in [0.15, 0.2) is 6.23 Å². The molecule has 3 aromatic carbocycles. The van der Waals surface area contributed by atoms with Gasteiger partial charge >= 0.3 is 5.97 Å². The van der Waals surface area contributed by atoms with Crippen LogP contribution in [0, 0.1) is 11.3 Å². The SMILES string of the molecule is N#Cc1cc(-c2cccc3c(N)nccc23)cc2c(COc3ccccc3CC(=O)O)nn(C3CCCCO3)c12. The van der Waals surface area contributed by atoms with E-state index in [2.05, 4.69) is 11.1 Å². The number of nitriles is 1. The van der Waals surface area contributed by atoms with Gasteiger partial charge in [0.05, 0.1) is 17.5 Å². The molecule has 0 radical (unpaired) electrons. The number of nitrogen functional groups attached to an aromatic ring is 1. The molecule has 9 heteroatoms. The lowest BCUT2D eigenvalue weighted by Gasteiger charge is -2.23. The van der Waals surface area contributed by atoms with Gasteiger partial charge in [-0.15, -0.1) is 0 Å². The lowest BCUT2D eigenvalue weighted by Crippen LogP contribution is -2.19. The topological polar surface area (TPSA) is 136 Å². The minimum absolute atomic E-state index is 0.0909. The lowest BCUT2D eigenvalue weighted by atomic mass is 9.95. The Morgan fingerprint density at radius 1 is 1.12 bits per heavy atom. The van der Waals surface area contributed by atoms with Crippen molar-refractivity contribution < 1.29 is 19.4 Å². The Labute approximate surface area is 230 Å². The number of carboxylic acid groups (broad SMARTS) is 1. The van der Waals surface area contributed by atoms with Crippen LogP contribution in [0.1, 0.15) is 42.3 Å². The first-order chi connectivity index (χ1) is 19.5. The number of nitrogens with zero attached hydrogens (tertiary/aromatic N) is 4. The Kier molecular flexibility index (Phi) is 6.76. The highest BCUT2D eigenvalue weighted by Gasteiger charge is 2.25. The third-order valence-electron chi connectivity index (χ3n) is 7.25. The molecule has 1 fully saturated rings. The molecule has 0 amide bonds. The van der Waals surface area contributed by atoms with Crippen molar-refractivity contribution in [2.45, 2.75) is 38.5 Å². The zero-order valence-corrected chi connectivity index (χ0v) is 21.7. The second kappa shape index (κ2) is 10.7. The molecule has 2 aromatic heterocycles. The van der Waals surface area contributed by atoms with Gasteiger partial charge in [0.1, 0.15) is 29.9 Å². The van der Waals surface area contributed by atoms with Crippen LogP contribution < -0.4 is 10.5 Å². The number of hydrogen-bond acceptors (Lipinski definition) is 7. The molecule has 1 saturated heterocycles. The Morgan fingerprint density at radius 2 is 2.00 bits per heavy atom. The molecule has 1 atom stereocenters. The zero-order chi connectivity index (χ0) is 27.6. The summed E-state index contributed by atoms with van der Waals surface area (Å²) in [6.45, 7) is 0.722. The van der Waals surface area contributed by atoms with E-state index in [4.69, 9.17) is 20.3 Å². The number of rotatable bonds is 7. The summed E-state index contributed by atoms with van der Waals surface area (Å²) in [4.78, 5) is 15.6. The average Bonchev–Trinajstić information content (AvgIpc) is 3.35.